The molecule has 2 saturated heterocycles. The van der Waals surface area contributed by atoms with E-state index in [-0.39, 0.29) is 98.2 Å². The Hall–Kier alpha value is -12.4. The van der Waals surface area contributed by atoms with Crippen molar-refractivity contribution in [1.29, 1.82) is 0 Å². The summed E-state index contributed by atoms with van der Waals surface area (Å²) in [6, 6.07) is 62.7. The van der Waals surface area contributed by atoms with E-state index in [9.17, 15) is 80.8 Å². The Morgan fingerprint density at radius 1 is 0.397 bits per heavy atom. The minimum Gasteiger partial charge on any atom is -0.341 e. The Labute approximate surface area is 792 Å². The Bertz CT molecular complexity index is 6530. The Balaban J connectivity index is 0.000000145. The number of hydrogen-bond acceptors (Lipinski definition) is 17. The summed E-state index contributed by atoms with van der Waals surface area (Å²) < 4.78 is 144. The molecule has 0 aromatic heterocycles. The smallest absolute Gasteiger partial charge is 0.245 e. The molecule has 9 N–H and O–H groups in total. The summed E-state index contributed by atoms with van der Waals surface area (Å²) in [5.74, 6) is -3.85. The van der Waals surface area contributed by atoms with Crippen LogP contribution in [0.4, 0.5) is 42.9 Å². The van der Waals surface area contributed by atoms with Crippen LogP contribution < -0.4 is 50.4 Å². The average Bonchev–Trinajstić information content (AvgIpc) is 1.54. The van der Waals surface area contributed by atoms with Crippen LogP contribution >= 0.6 is 0 Å². The fourth-order valence-corrected chi connectivity index (χ4v) is 22.9. The summed E-state index contributed by atoms with van der Waals surface area (Å²) in [5, 5.41) is 13.4. The van der Waals surface area contributed by atoms with Crippen LogP contribution in [0.25, 0.3) is 0 Å². The summed E-state index contributed by atoms with van der Waals surface area (Å²) in [7, 11) is -16.0. The van der Waals surface area contributed by atoms with Crippen molar-refractivity contribution in [3.63, 3.8) is 0 Å². The third-order valence-corrected chi connectivity index (χ3v) is 31.0. The van der Waals surface area contributed by atoms with Crippen LogP contribution in [-0.2, 0) is 136 Å². The SMILES string of the molecule is CC1Cc2ccccc2N1C(=O)C(Cc1ccccc1)NS(=O)(=O)c1ccc2c(c1)CCC(=O)N2.CCC1CCCCN1CCCC(=O)C(Cc1ccccc1)NS(=O)(=O)c1ccc2c(c1)CCC(=O)N2.O=C1CCc2cc(S(=O)(=O)NC(Cc3ccccc3)C(=O)N3CCCCC3)ccc2N1.O=C1CCc2cc(S(=O)(=O)NC(Cc3ccccc3)C(=O)Nc3ccc(F)c(F)c3)ccc2N1. The molecule has 0 bridgehead atoms. The van der Waals surface area contributed by atoms with Crippen LogP contribution in [0.15, 0.2) is 256 Å². The average molecular weight is 1930 g/mol. The zero-order valence-electron chi connectivity index (χ0n) is 75.6. The quantitative estimate of drug-likeness (QED) is 0.0202. The highest BCUT2D eigenvalue weighted by Gasteiger charge is 2.39. The number of carbonyl (C=O) groups excluding carboxylic acids is 8. The number of ketones is 1. The highest BCUT2D eigenvalue weighted by molar-refractivity contribution is 7.90. The number of rotatable bonds is 30. The Morgan fingerprint density at radius 2 is 0.772 bits per heavy atom. The van der Waals surface area contributed by atoms with Gasteiger partial charge in [-0.2, -0.15) is 14.2 Å². The van der Waals surface area contributed by atoms with E-state index in [1.165, 1.54) is 61.7 Å². The second-order valence-corrected chi connectivity index (χ2v) is 41.8. The predicted octanol–water partition coefficient (Wildman–Crippen LogP) is 13.4. The van der Waals surface area contributed by atoms with Gasteiger partial charge in [0, 0.05) is 97.5 Å². The number of amides is 7. The van der Waals surface area contributed by atoms with E-state index in [2.05, 4.69) is 57.3 Å². The highest BCUT2D eigenvalue weighted by Crippen LogP contribution is 2.36. The molecule has 10 aromatic rings. The zero-order chi connectivity index (χ0) is 96.3. The van der Waals surface area contributed by atoms with Gasteiger partial charge >= 0.3 is 0 Å². The van der Waals surface area contributed by atoms with Crippen molar-refractivity contribution in [1.82, 2.24) is 28.7 Å². The number of piperidine rings is 2. The number of benzene rings is 10. The number of carbonyl (C=O) groups is 8. The van der Waals surface area contributed by atoms with Crippen molar-refractivity contribution in [3.05, 3.63) is 298 Å². The fraction of sp³-hybridized carbons (Fsp3) is 0.333. The molecule has 7 heterocycles. The molecule has 10 aromatic carbocycles. The first kappa shape index (κ1) is 99.6. The number of nitrogens with zero attached hydrogens (tertiary/aromatic N) is 3. The number of anilines is 6. The molecule has 0 radical (unpaired) electrons. The number of fused-ring (bicyclic) bond motifs is 5. The first-order valence-electron chi connectivity index (χ1n) is 46.0. The van der Waals surface area contributed by atoms with Crippen LogP contribution in [-0.4, -0.2) is 153 Å². The molecule has 7 aliphatic rings. The second-order valence-electron chi connectivity index (χ2n) is 35.0. The van der Waals surface area contributed by atoms with Gasteiger partial charge in [-0.15, -0.1) is 0 Å². The van der Waals surface area contributed by atoms with Crippen molar-refractivity contribution in [2.24, 2.45) is 0 Å². The van der Waals surface area contributed by atoms with Crippen LogP contribution in [0.1, 0.15) is 147 Å². The van der Waals surface area contributed by atoms with Gasteiger partial charge < -0.3 is 41.3 Å². The lowest BCUT2D eigenvalue weighted by Gasteiger charge is -2.35. The van der Waals surface area contributed by atoms with Gasteiger partial charge in [0.2, 0.25) is 81.4 Å². The summed E-state index contributed by atoms with van der Waals surface area (Å²) in [6.07, 6.45) is 13.5. The van der Waals surface area contributed by atoms with Gasteiger partial charge in [-0.1, -0.05) is 153 Å². The molecule has 7 amide bonds. The molecule has 0 aliphatic carbocycles. The van der Waals surface area contributed by atoms with Gasteiger partial charge in [0.15, 0.2) is 17.4 Å². The number of Topliss-reactive ketones (excluding diaryl/α,β-unsaturated/α-hetero) is 1. The van der Waals surface area contributed by atoms with Crippen molar-refractivity contribution >= 4 is 121 Å². The van der Waals surface area contributed by atoms with Crippen molar-refractivity contribution in [2.75, 3.05) is 57.7 Å². The van der Waals surface area contributed by atoms with E-state index >= 15 is 0 Å². The molecule has 7 aliphatic heterocycles. The fourth-order valence-electron chi connectivity index (χ4n) is 18.0. The predicted molar refractivity (Wildman–Crippen MR) is 517 cm³/mol. The minimum atomic E-state index is -4.14. The normalized spacial score (nSPS) is 17.3. The van der Waals surface area contributed by atoms with Crippen LogP contribution in [0.3, 0.4) is 0 Å². The summed E-state index contributed by atoms with van der Waals surface area (Å²) in [6.45, 7) is 7.45. The molecule has 28 nitrogen and oxygen atoms in total. The van der Waals surface area contributed by atoms with Crippen LogP contribution in [0, 0.1) is 11.6 Å². The van der Waals surface area contributed by atoms with E-state index < -0.39 is 81.8 Å². The van der Waals surface area contributed by atoms with Gasteiger partial charge in [-0.25, -0.2) is 47.2 Å². The molecular weight excluding hydrogens is 1820 g/mol. The molecular formula is C102H112F2N12O16S4. The van der Waals surface area contributed by atoms with Gasteiger partial charge in [0.25, 0.3) is 0 Å². The Kier molecular flexibility index (Phi) is 33.3. The number of nitrogens with one attached hydrogen (secondary N) is 9. The number of aryl methyl sites for hydroxylation is 4. The van der Waals surface area contributed by atoms with Crippen LogP contribution in [0.2, 0.25) is 0 Å². The van der Waals surface area contributed by atoms with E-state index in [1.54, 1.807) is 76.5 Å². The number of sulfonamides is 4. The molecule has 714 valence electrons. The number of likely N-dealkylation sites (tertiary alicyclic amines) is 2. The van der Waals surface area contributed by atoms with E-state index in [0.717, 1.165) is 108 Å². The molecule has 136 heavy (non-hydrogen) atoms. The van der Waals surface area contributed by atoms with Gasteiger partial charge in [0.05, 0.1) is 25.6 Å². The maximum Gasteiger partial charge on any atom is 0.245 e. The first-order chi connectivity index (χ1) is 65.3. The minimum absolute atomic E-state index is 0.00863. The molecule has 0 spiro atoms. The van der Waals surface area contributed by atoms with E-state index in [1.807, 2.05) is 122 Å². The monoisotopic (exact) mass is 1930 g/mol. The van der Waals surface area contributed by atoms with Gasteiger partial charge in [-0.05, 0) is 264 Å². The van der Waals surface area contributed by atoms with Crippen LogP contribution in [0.5, 0.6) is 0 Å². The lowest BCUT2D eigenvalue weighted by atomic mass is 9.98. The molecule has 17 rings (SSSR count). The van der Waals surface area contributed by atoms with Crippen molar-refractivity contribution in [3.8, 4) is 0 Å². The maximum atomic E-state index is 13.9. The number of para-hydroxylation sites is 1. The largest absolute Gasteiger partial charge is 0.341 e. The first-order valence-corrected chi connectivity index (χ1v) is 51.9. The second kappa shape index (κ2) is 45.5. The molecule has 6 unspecified atom stereocenters. The lowest BCUT2D eigenvalue weighted by molar-refractivity contribution is -0.134. The van der Waals surface area contributed by atoms with Crippen molar-refractivity contribution in [2.45, 2.75) is 211 Å². The highest BCUT2D eigenvalue weighted by atomic mass is 32.2. The molecule has 34 heteroatoms. The molecule has 0 saturated carbocycles. The van der Waals surface area contributed by atoms with E-state index in [4.69, 9.17) is 0 Å². The molecule has 6 atom stereocenters. The summed E-state index contributed by atoms with van der Waals surface area (Å²) >= 11 is 0. The topological polar surface area (TPSA) is 391 Å². The Morgan fingerprint density at radius 3 is 1.19 bits per heavy atom. The number of hydrogen-bond donors (Lipinski definition) is 9. The van der Waals surface area contributed by atoms with Gasteiger partial charge in [0.1, 0.15) is 18.1 Å². The summed E-state index contributed by atoms with van der Waals surface area (Å²) in [4.78, 5) is 106. The maximum absolute atomic E-state index is 13.9. The third-order valence-electron chi connectivity index (χ3n) is 25.1. The molecule has 2 fully saturated rings. The van der Waals surface area contributed by atoms with E-state index in [0.29, 0.717) is 111 Å². The number of halogens is 2. The lowest BCUT2D eigenvalue weighted by Crippen LogP contribution is -2.51. The zero-order valence-corrected chi connectivity index (χ0v) is 78.9. The van der Waals surface area contributed by atoms with Gasteiger partial charge in [-0.3, -0.25) is 38.4 Å². The standard InChI is InChI=1S/C28H37N3O4S.C27H27N3O4S.C24H21F2N3O4S.C23H27N3O4S/c1-2-23-11-6-7-17-31(23)18-8-12-27(32)26(19-21-9-4-3-5-10-21)30-36(34,35)24-14-15-25-22(20-24)13-16-28(33)29-25;1-18-15-21-9-5-6-10-25(21)30(18)27(32)24(16-19-7-3-2-4-8-19)29-35(33,34)22-12-13-23-20(17-22)11-14-26(31)28-23;25-19-9-7-17(14-20(19)26)27-24(31)22(12-15-4-2-1-3-5-15)29-34(32,33)18-8-10-21-16(13-18)6-11-23(30)28-21;27-22-12-9-18-16-19(10-11-20(18)24-22)31(29,30)25-21(15-17-7-3-1-4-8-17)23(28)26-13-5-2-6-14-26/h3-5,9-10,14-15,20,23,26,30H,2,6-8,11-13,16-19H2,1H3,(H,29,33);2-10,12-13,17-18,24,29H,11,14-16H2,1H3,(H,28,31);1-5,7-10,13-14,22,29H,6,11-12H2,(H,27,31)(H,28,30);1,3-4,7-8,10-11,16,21,25H,2,5-6,9,12-15H2,(H,24,27). The van der Waals surface area contributed by atoms with Crippen molar-refractivity contribution < 1.29 is 80.8 Å². The third kappa shape index (κ3) is 26.5. The summed E-state index contributed by atoms with van der Waals surface area (Å²) in [5.41, 5.74) is 10.7.